The van der Waals surface area contributed by atoms with Gasteiger partial charge in [0.15, 0.2) is 0 Å². The summed E-state index contributed by atoms with van der Waals surface area (Å²) in [6.45, 7) is 0.541. The van der Waals surface area contributed by atoms with Gasteiger partial charge in [0.2, 0.25) is 0 Å². The first-order valence-corrected chi connectivity index (χ1v) is 6.84. The van der Waals surface area contributed by atoms with Crippen LogP contribution >= 0.6 is 24.4 Å². The van der Waals surface area contributed by atoms with Crippen LogP contribution in [0, 0.1) is 0 Å². The van der Waals surface area contributed by atoms with E-state index < -0.39 is 0 Å². The van der Waals surface area contributed by atoms with Gasteiger partial charge in [0, 0.05) is 5.69 Å². The minimum Gasteiger partial charge on any atom is -0.489 e. The Morgan fingerprint density at radius 3 is 2.25 bits per heavy atom. The summed E-state index contributed by atoms with van der Waals surface area (Å²) in [5, 5.41) is 2.95. The molecule has 2 rings (SSSR count). The van der Waals surface area contributed by atoms with Crippen LogP contribution in [-0.2, 0) is 6.61 Å². The van der Waals surface area contributed by atoms with Gasteiger partial charge in [-0.05, 0) is 29.8 Å². The molecule has 0 heterocycles. The van der Waals surface area contributed by atoms with Gasteiger partial charge in [0.1, 0.15) is 22.3 Å². The molecule has 0 aliphatic rings. The van der Waals surface area contributed by atoms with Crippen LogP contribution in [0.4, 0.5) is 5.69 Å². The molecule has 3 N–H and O–H groups in total. The lowest BCUT2D eigenvalue weighted by Gasteiger charge is -2.09. The maximum absolute atomic E-state index is 5.69. The number of benzene rings is 2. The van der Waals surface area contributed by atoms with Crippen molar-refractivity contribution in [1.29, 1.82) is 0 Å². The van der Waals surface area contributed by atoms with Crippen molar-refractivity contribution in [2.45, 2.75) is 6.61 Å². The standard InChI is InChI=1S/C15H14N2OS2/c16-14(19)15(20)17-12-6-8-13(9-7-12)18-10-11-4-2-1-3-5-11/h1-9H,10H2,(H2,16,19)(H,17,20). The average molecular weight is 302 g/mol. The summed E-state index contributed by atoms with van der Waals surface area (Å²) < 4.78 is 5.69. The molecule has 0 aliphatic carbocycles. The van der Waals surface area contributed by atoms with Crippen molar-refractivity contribution in [2.75, 3.05) is 5.32 Å². The fourth-order valence-corrected chi connectivity index (χ4v) is 1.74. The van der Waals surface area contributed by atoms with E-state index in [1.807, 2.05) is 54.6 Å². The summed E-state index contributed by atoms with van der Waals surface area (Å²) in [5.41, 5.74) is 7.39. The normalized spacial score (nSPS) is 9.80. The van der Waals surface area contributed by atoms with Crippen LogP contribution in [-0.4, -0.2) is 9.98 Å². The van der Waals surface area contributed by atoms with Gasteiger partial charge in [0.25, 0.3) is 0 Å². The predicted molar refractivity (Wildman–Crippen MR) is 90.2 cm³/mol. The first-order chi connectivity index (χ1) is 9.65. The van der Waals surface area contributed by atoms with Crippen LogP contribution in [0.15, 0.2) is 54.6 Å². The van der Waals surface area contributed by atoms with E-state index >= 15 is 0 Å². The monoisotopic (exact) mass is 302 g/mol. The van der Waals surface area contributed by atoms with Gasteiger partial charge in [-0.2, -0.15) is 0 Å². The largest absolute Gasteiger partial charge is 0.489 e. The molecule has 102 valence electrons. The van der Waals surface area contributed by atoms with E-state index in [2.05, 4.69) is 5.32 Å². The van der Waals surface area contributed by atoms with E-state index in [-0.39, 0.29) is 4.99 Å². The van der Waals surface area contributed by atoms with Crippen LogP contribution in [0.3, 0.4) is 0 Å². The van der Waals surface area contributed by atoms with Gasteiger partial charge in [-0.3, -0.25) is 0 Å². The van der Waals surface area contributed by atoms with Crippen molar-refractivity contribution < 1.29 is 4.74 Å². The fraction of sp³-hybridized carbons (Fsp3) is 0.0667. The van der Waals surface area contributed by atoms with Gasteiger partial charge >= 0.3 is 0 Å². The second kappa shape index (κ2) is 6.98. The molecule has 0 saturated heterocycles. The van der Waals surface area contributed by atoms with Crippen LogP contribution in [0.25, 0.3) is 0 Å². The minimum absolute atomic E-state index is 0.185. The Labute approximate surface area is 128 Å². The van der Waals surface area contributed by atoms with Crippen molar-refractivity contribution >= 4 is 40.1 Å². The first kappa shape index (κ1) is 14.4. The Bertz CT molecular complexity index is 597. The molecule has 0 atom stereocenters. The Balaban J connectivity index is 1.91. The average Bonchev–Trinajstić information content (AvgIpc) is 2.47. The molecule has 0 radical (unpaired) electrons. The van der Waals surface area contributed by atoms with E-state index in [1.54, 1.807) is 0 Å². The number of rotatable bonds is 4. The Kier molecular flexibility index (Phi) is 5.03. The summed E-state index contributed by atoms with van der Waals surface area (Å²) in [5.74, 6) is 0.792. The van der Waals surface area contributed by atoms with E-state index in [0.29, 0.717) is 11.6 Å². The van der Waals surface area contributed by atoms with Gasteiger partial charge in [-0.25, -0.2) is 0 Å². The third-order valence-electron chi connectivity index (χ3n) is 2.58. The quantitative estimate of drug-likeness (QED) is 0.849. The Hall–Kier alpha value is -1.98. The molecule has 0 aliphatic heterocycles. The van der Waals surface area contributed by atoms with Crippen molar-refractivity contribution in [2.24, 2.45) is 5.73 Å². The highest BCUT2D eigenvalue weighted by atomic mass is 32.1. The van der Waals surface area contributed by atoms with Gasteiger partial charge in [-0.15, -0.1) is 0 Å². The fourth-order valence-electron chi connectivity index (χ4n) is 1.57. The second-order valence-electron chi connectivity index (χ2n) is 4.12. The molecule has 0 spiro atoms. The third kappa shape index (κ3) is 4.29. The van der Waals surface area contributed by atoms with Crippen molar-refractivity contribution in [1.82, 2.24) is 0 Å². The maximum atomic E-state index is 5.69. The molecule has 2 aromatic rings. The third-order valence-corrected chi connectivity index (χ3v) is 3.24. The number of nitrogens with two attached hydrogens (primary N) is 1. The molecule has 5 heteroatoms. The summed E-state index contributed by atoms with van der Waals surface area (Å²) in [4.78, 5) is 0.544. The zero-order valence-corrected chi connectivity index (χ0v) is 12.3. The number of anilines is 1. The molecule has 2 aromatic carbocycles. The number of hydrogen-bond donors (Lipinski definition) is 2. The molecule has 0 fully saturated rings. The van der Waals surface area contributed by atoms with Gasteiger partial charge in [0.05, 0.1) is 0 Å². The molecular formula is C15H14N2OS2. The summed E-state index contributed by atoms with van der Waals surface area (Å²) >= 11 is 9.79. The molecular weight excluding hydrogens is 288 g/mol. The van der Waals surface area contributed by atoms with E-state index in [4.69, 9.17) is 34.9 Å². The second-order valence-corrected chi connectivity index (χ2v) is 4.97. The molecule has 0 saturated carbocycles. The smallest absolute Gasteiger partial charge is 0.138 e. The molecule has 0 unspecified atom stereocenters. The first-order valence-electron chi connectivity index (χ1n) is 6.03. The van der Waals surface area contributed by atoms with E-state index in [1.165, 1.54) is 0 Å². The van der Waals surface area contributed by atoms with Crippen molar-refractivity contribution in [3.63, 3.8) is 0 Å². The highest BCUT2D eigenvalue weighted by Crippen LogP contribution is 2.17. The zero-order chi connectivity index (χ0) is 14.4. The Morgan fingerprint density at radius 1 is 1.00 bits per heavy atom. The molecule has 0 bridgehead atoms. The number of thiocarbonyl (C=S) groups is 2. The lowest BCUT2D eigenvalue weighted by Crippen LogP contribution is -2.25. The van der Waals surface area contributed by atoms with Crippen molar-refractivity contribution in [3.8, 4) is 5.75 Å². The van der Waals surface area contributed by atoms with E-state index in [0.717, 1.165) is 17.0 Å². The number of hydrogen-bond acceptors (Lipinski definition) is 3. The van der Waals surface area contributed by atoms with Crippen LogP contribution in [0.5, 0.6) is 5.75 Å². The highest BCUT2D eigenvalue weighted by molar-refractivity contribution is 7.89. The maximum Gasteiger partial charge on any atom is 0.138 e. The Morgan fingerprint density at radius 2 is 1.65 bits per heavy atom. The number of nitrogens with one attached hydrogen (secondary N) is 1. The minimum atomic E-state index is 0.185. The molecule has 20 heavy (non-hydrogen) atoms. The molecule has 0 aromatic heterocycles. The summed E-state index contributed by atoms with van der Waals surface area (Å²) in [7, 11) is 0. The van der Waals surface area contributed by atoms with Gasteiger partial charge < -0.3 is 15.8 Å². The van der Waals surface area contributed by atoms with E-state index in [9.17, 15) is 0 Å². The van der Waals surface area contributed by atoms with Crippen molar-refractivity contribution in [3.05, 3.63) is 60.2 Å². The lowest BCUT2D eigenvalue weighted by molar-refractivity contribution is 0.306. The highest BCUT2D eigenvalue weighted by Gasteiger charge is 2.01. The molecule has 3 nitrogen and oxygen atoms in total. The van der Waals surface area contributed by atoms with Crippen LogP contribution < -0.4 is 15.8 Å². The summed E-state index contributed by atoms with van der Waals surface area (Å²) in [6, 6.07) is 17.5. The van der Waals surface area contributed by atoms with Crippen LogP contribution in [0.2, 0.25) is 0 Å². The SMILES string of the molecule is NC(=S)C(=S)Nc1ccc(OCc2ccccc2)cc1. The number of ether oxygens (including phenoxy) is 1. The van der Waals surface area contributed by atoms with Gasteiger partial charge in [-0.1, -0.05) is 54.8 Å². The van der Waals surface area contributed by atoms with Crippen LogP contribution in [0.1, 0.15) is 5.56 Å². The lowest BCUT2D eigenvalue weighted by atomic mass is 10.2. The predicted octanol–water partition coefficient (Wildman–Crippen LogP) is 3.29. The zero-order valence-electron chi connectivity index (χ0n) is 10.7. The topological polar surface area (TPSA) is 47.3 Å². The summed E-state index contributed by atoms with van der Waals surface area (Å²) in [6.07, 6.45) is 0. The molecule has 0 amide bonds.